The largest absolute Gasteiger partial charge is 0.393 e. The number of Topliss-reactive ketones (excluding diaryl/α,β-unsaturated/α-hetero) is 2. The number of aliphatic hydroxyl groups is 6. The summed E-state index contributed by atoms with van der Waals surface area (Å²) in [5.74, 6) is -9.70. The van der Waals surface area contributed by atoms with E-state index in [4.69, 9.17) is 4.74 Å². The van der Waals surface area contributed by atoms with Gasteiger partial charge in [0.05, 0.1) is 119 Å². The Labute approximate surface area is 768 Å². The van der Waals surface area contributed by atoms with Crippen molar-refractivity contribution in [3.05, 3.63) is 208 Å². The van der Waals surface area contributed by atoms with Crippen LogP contribution >= 0.6 is 0 Å². The van der Waals surface area contributed by atoms with Gasteiger partial charge in [0.1, 0.15) is 23.2 Å². The third-order valence-electron chi connectivity index (χ3n) is 22.3. The summed E-state index contributed by atoms with van der Waals surface area (Å²) < 4.78 is 88.7. The van der Waals surface area contributed by atoms with Crippen molar-refractivity contribution in [3.63, 3.8) is 0 Å². The lowest BCUT2D eigenvalue weighted by molar-refractivity contribution is -0.137. The van der Waals surface area contributed by atoms with Gasteiger partial charge in [-0.1, -0.05) is 14.9 Å². The molecule has 4 aromatic carbocycles. The summed E-state index contributed by atoms with van der Waals surface area (Å²) in [5.41, 5.74) is 10.2. The average molecular weight is 1870 g/mol. The molecular weight excluding hydrogens is 1760 g/mol. The van der Waals surface area contributed by atoms with E-state index < -0.39 is 107 Å². The number of benzene rings is 4. The zero-order chi connectivity index (χ0) is 96.7. The fourth-order valence-corrected chi connectivity index (χ4v) is 15.7. The van der Waals surface area contributed by atoms with Crippen LogP contribution in [0.15, 0.2) is 60.7 Å². The maximum Gasteiger partial charge on any atom is 0.256 e. The van der Waals surface area contributed by atoms with Crippen molar-refractivity contribution in [2.24, 2.45) is 0 Å². The van der Waals surface area contributed by atoms with Crippen molar-refractivity contribution in [1.82, 2.24) is 51.4 Å². The van der Waals surface area contributed by atoms with Crippen molar-refractivity contribution >= 4 is 140 Å². The lowest BCUT2D eigenvalue weighted by atomic mass is 10.0. The molecule has 8 aromatic rings. The summed E-state index contributed by atoms with van der Waals surface area (Å²) in [5, 5.41) is 83.1. The third-order valence-corrected chi connectivity index (χ3v) is 22.3. The number of aryl methyl sites for hydroxylation is 4. The van der Waals surface area contributed by atoms with Crippen LogP contribution in [-0.4, -0.2) is 222 Å². The SMILES string of the molecule is C.C.CC(=O)CC(O)CC(O)CCNC(=O)c1c(C)[nH]c(/C=C2\C(=O)Nc3ccc(F)c(F)c32)c1C.CC(=O)CC(O)CNC(=O)c1c(C)[nH]c(/C=C2\C(=O)Nc3ccc(F)cc32)c1C.CNC(=O)CC(O)CC(O)CCNC(=O)c1c(C)[nH]c(/C=C2\C(=O)Nc3ccc(F)c(F)c32)c1C.Cc1[nH]c(/C=C2\C(=O)Nc3ccc(F)cc32)c(C)c1C(=O)NCC(O)CC(=O)N1CCOCC1. The monoisotopic (exact) mass is 1870 g/mol. The summed E-state index contributed by atoms with van der Waals surface area (Å²) in [6, 6.07) is 12.6. The number of rotatable bonds is 30. The number of halogens is 6. The molecular formula is C95H112F6N14O19. The second-order valence-electron chi connectivity index (χ2n) is 32.4. The van der Waals surface area contributed by atoms with Crippen LogP contribution in [0.3, 0.4) is 0 Å². The molecule has 9 heterocycles. The molecule has 1 saturated heterocycles. The number of fused-ring (bicyclic) bond motifs is 4. The van der Waals surface area contributed by atoms with Crippen LogP contribution in [0.4, 0.5) is 49.1 Å². The Morgan fingerprint density at radius 2 is 0.731 bits per heavy atom. The summed E-state index contributed by atoms with van der Waals surface area (Å²) in [4.78, 5) is 160. The van der Waals surface area contributed by atoms with Gasteiger partial charge in [-0.15, -0.1) is 0 Å². The van der Waals surface area contributed by atoms with Gasteiger partial charge in [0.15, 0.2) is 23.3 Å². The van der Waals surface area contributed by atoms with Gasteiger partial charge >= 0.3 is 0 Å². The molecule has 0 bridgehead atoms. The highest BCUT2D eigenvalue weighted by atomic mass is 19.2. The summed E-state index contributed by atoms with van der Waals surface area (Å²) in [6.45, 7) is 18.4. The topological polar surface area (TPSA) is 510 Å². The maximum absolute atomic E-state index is 14.4. The molecule has 5 aliphatic heterocycles. The minimum atomic E-state index is -1.13. The number of morpholine rings is 1. The maximum atomic E-state index is 14.4. The van der Waals surface area contributed by atoms with Crippen LogP contribution in [0, 0.1) is 90.3 Å². The quantitative estimate of drug-likeness (QED) is 0.0147. The lowest BCUT2D eigenvalue weighted by Gasteiger charge is -2.27. The summed E-state index contributed by atoms with van der Waals surface area (Å²) >= 11 is 0. The molecule has 134 heavy (non-hydrogen) atoms. The smallest absolute Gasteiger partial charge is 0.256 e. The van der Waals surface area contributed by atoms with Crippen LogP contribution < -0.4 is 47.9 Å². The highest BCUT2D eigenvalue weighted by Crippen LogP contribution is 2.41. The van der Waals surface area contributed by atoms with Crippen LogP contribution in [-0.2, 0) is 43.1 Å². The molecule has 1 fully saturated rings. The molecule has 5 aliphatic rings. The molecule has 4 aromatic heterocycles. The zero-order valence-electron chi connectivity index (χ0n) is 74.1. The molecule has 718 valence electrons. The number of nitrogens with one attached hydrogen (secondary N) is 13. The molecule has 0 spiro atoms. The first-order valence-corrected chi connectivity index (χ1v) is 42.2. The first-order chi connectivity index (χ1) is 62.4. The minimum Gasteiger partial charge on any atom is -0.393 e. The van der Waals surface area contributed by atoms with E-state index in [1.54, 1.807) is 72.4 Å². The van der Waals surface area contributed by atoms with Gasteiger partial charge in [0.25, 0.3) is 47.3 Å². The minimum absolute atomic E-state index is 0. The van der Waals surface area contributed by atoms with Gasteiger partial charge in [0, 0.05) is 138 Å². The number of H-pyrrole nitrogens is 4. The second kappa shape index (κ2) is 46.6. The second-order valence-corrected chi connectivity index (χ2v) is 32.4. The fourth-order valence-electron chi connectivity index (χ4n) is 15.7. The van der Waals surface area contributed by atoms with Crippen LogP contribution in [0.1, 0.15) is 212 Å². The first-order valence-electron chi connectivity index (χ1n) is 42.2. The molecule has 33 nitrogen and oxygen atoms in total. The van der Waals surface area contributed by atoms with E-state index in [0.29, 0.717) is 150 Å². The molecule has 0 aliphatic carbocycles. The van der Waals surface area contributed by atoms with Crippen LogP contribution in [0.5, 0.6) is 0 Å². The third kappa shape index (κ3) is 26.0. The summed E-state index contributed by atoms with van der Waals surface area (Å²) in [7, 11) is 1.45. The molecule has 39 heteroatoms. The van der Waals surface area contributed by atoms with E-state index in [2.05, 4.69) is 67.8 Å². The Balaban J connectivity index is 0.000000219. The van der Waals surface area contributed by atoms with E-state index in [1.165, 1.54) is 81.6 Å². The first kappa shape index (κ1) is 106. The lowest BCUT2D eigenvalue weighted by Crippen LogP contribution is -2.43. The van der Waals surface area contributed by atoms with Gasteiger partial charge in [-0.2, -0.15) is 0 Å². The zero-order valence-corrected chi connectivity index (χ0v) is 74.1. The van der Waals surface area contributed by atoms with Crippen molar-refractivity contribution in [3.8, 4) is 0 Å². The van der Waals surface area contributed by atoms with E-state index in [-0.39, 0.29) is 161 Å². The Morgan fingerprint density at radius 3 is 1.09 bits per heavy atom. The van der Waals surface area contributed by atoms with E-state index >= 15 is 0 Å². The van der Waals surface area contributed by atoms with Crippen molar-refractivity contribution in [1.29, 1.82) is 0 Å². The number of hydrogen-bond acceptors (Lipinski definition) is 19. The number of carbonyl (C=O) groups is 12. The predicted octanol–water partition coefficient (Wildman–Crippen LogP) is 9.59. The molecule has 13 rings (SSSR count). The van der Waals surface area contributed by atoms with Gasteiger partial charge in [-0.3, -0.25) is 57.5 Å². The Morgan fingerprint density at radius 1 is 0.418 bits per heavy atom. The number of aliphatic hydroxyl groups excluding tert-OH is 6. The number of carbonyl (C=O) groups excluding carboxylic acids is 12. The number of aromatic nitrogens is 4. The van der Waals surface area contributed by atoms with Gasteiger partial charge in [0.2, 0.25) is 11.8 Å². The molecule has 0 saturated carbocycles. The van der Waals surface area contributed by atoms with E-state index in [9.17, 15) is 115 Å². The number of aromatic amines is 4. The van der Waals surface area contributed by atoms with Crippen LogP contribution in [0.25, 0.3) is 46.6 Å². The standard InChI is InChI=1S/C24H28F2N4O5.C24H27F2N3O5.C24H27FN4O5.C21H22FN3O4.2CH4/c1-11-18(10-15-21-17(30-23(15)34)5-4-16(25)22(21)26)29-12(2)20(11)24(35)28-7-6-13(31)8-14(32)9-19(33)27-3;1-11(30)8-15(32)9-14(31)6-7-27-24(34)20-12(2)19(28-13(20)3)10-16-21-18(29-23(16)33)5-4-17(25)22(21)26;1-13-20(11-18-17-9-15(25)3-4-19(17)28-23(18)32)27-14(2)22(13)24(33)26-12-16(30)10-21(31)29-5-7-34-8-6-29;1-10(26)6-14(27)9-23-21(29)19-11(2)18(24-12(19)3)8-16-15-7-13(22)4-5-17(15)25-20(16)28;;/h4-5,10,13-14,29,31-32H,6-9H2,1-3H3,(H,27,33)(H,28,35)(H,30,34);4-5,10,14-15,28,31-32H,6-9H2,1-3H3,(H,27,34)(H,29,33);3-4,9,11,16,27,30H,5-8,10,12H2,1-2H3,(H,26,33)(H,28,32);4-5,7-8,14,24,27H,6,9H2,1-3H3,(H,23,29)(H,25,28);2*1H4/b15-10-;16-10-;18-11-;16-8-;;. The Kier molecular flexibility index (Phi) is 36.7. The number of hydrogen-bond donors (Lipinski definition) is 19. The molecule has 19 N–H and O–H groups in total. The number of nitrogens with zero attached hydrogens (tertiary/aromatic N) is 1. The average Bonchev–Trinajstić information content (AvgIpc) is 1.67. The molecule has 6 atom stereocenters. The van der Waals surface area contributed by atoms with Gasteiger partial charge < -0.3 is 108 Å². The van der Waals surface area contributed by atoms with E-state index in [0.717, 1.165) is 12.1 Å². The Bertz CT molecular complexity index is 5990. The molecule has 6 unspecified atom stereocenters. The van der Waals surface area contributed by atoms with Crippen molar-refractivity contribution < 1.29 is 119 Å². The van der Waals surface area contributed by atoms with Crippen molar-refractivity contribution in [2.45, 2.75) is 172 Å². The Hall–Kier alpha value is -13.7. The van der Waals surface area contributed by atoms with Gasteiger partial charge in [-0.05, 0) is 202 Å². The highest BCUT2D eigenvalue weighted by Gasteiger charge is 2.35. The molecule has 0 radical (unpaired) electrons. The molecule has 10 amide bonds. The number of amides is 10. The summed E-state index contributed by atoms with van der Waals surface area (Å²) in [6.07, 6.45) is 0.289. The van der Waals surface area contributed by atoms with E-state index in [1.807, 2.05) is 0 Å². The number of ketones is 2. The predicted molar refractivity (Wildman–Crippen MR) is 491 cm³/mol. The van der Waals surface area contributed by atoms with Crippen LogP contribution in [0.2, 0.25) is 0 Å². The fraction of sp³-hybridized carbons (Fsp3) is 0.368. The van der Waals surface area contributed by atoms with Crippen molar-refractivity contribution in [2.75, 3.05) is 80.8 Å². The normalized spacial score (nSPS) is 15.8. The number of anilines is 4. The van der Waals surface area contributed by atoms with Gasteiger partial charge in [-0.25, -0.2) is 26.3 Å². The highest BCUT2D eigenvalue weighted by molar-refractivity contribution is 6.37. The number of ether oxygens (including phenoxy) is 1.